The molecule has 0 saturated heterocycles. The molecule has 4 aliphatic carbocycles. The zero-order chi connectivity index (χ0) is 37.4. The predicted molar refractivity (Wildman–Crippen MR) is 189 cm³/mol. The molecule has 0 heterocycles. The van der Waals surface area contributed by atoms with Gasteiger partial charge in [0, 0.05) is 22.5 Å². The number of carbonyl (C=O) groups excluding carboxylic acids is 5. The van der Waals surface area contributed by atoms with Crippen LogP contribution in [0.5, 0.6) is 0 Å². The number of Topliss-reactive ketones (excluding diaryl/α,β-unsaturated/α-hetero) is 2. The Morgan fingerprint density at radius 3 is 1.38 bits per heavy atom. The Hall–Kier alpha value is -6.01. The highest BCUT2D eigenvalue weighted by molar-refractivity contribution is 7.87. The quantitative estimate of drug-likeness (QED) is 0.312. The van der Waals surface area contributed by atoms with E-state index in [4.69, 9.17) is 0 Å². The van der Waals surface area contributed by atoms with Crippen LogP contribution in [0.25, 0.3) is 0 Å². The summed E-state index contributed by atoms with van der Waals surface area (Å²) in [6.45, 7) is 0. The Balaban J connectivity index is 1.09. The molecular formula is C35H26N4O11S2. The van der Waals surface area contributed by atoms with E-state index in [2.05, 4.69) is 20.6 Å². The molecule has 4 atom stereocenters. The van der Waals surface area contributed by atoms with E-state index < -0.39 is 72.0 Å². The molecule has 0 fully saturated rings. The number of carbonyl (C=O) groups is 5. The second-order valence-electron chi connectivity index (χ2n) is 11.8. The average molecular weight is 743 g/mol. The number of anilines is 2. The molecule has 52 heavy (non-hydrogen) atoms. The molecule has 2 aromatic rings. The van der Waals surface area contributed by atoms with E-state index in [1.165, 1.54) is 97.1 Å². The first-order valence-electron chi connectivity index (χ1n) is 15.3. The zero-order valence-corrected chi connectivity index (χ0v) is 28.1. The maximum Gasteiger partial charge on any atom is 0.323 e. The van der Waals surface area contributed by atoms with Crippen molar-refractivity contribution in [3.63, 3.8) is 0 Å². The molecule has 4 N–H and O–H groups in total. The third kappa shape index (κ3) is 7.82. The second-order valence-corrected chi connectivity index (χ2v) is 14.9. The van der Waals surface area contributed by atoms with Crippen molar-refractivity contribution in [1.29, 1.82) is 0 Å². The molecule has 264 valence electrons. The lowest BCUT2D eigenvalue weighted by Crippen LogP contribution is -2.36. The average Bonchev–Trinajstić information content (AvgIpc) is 3.07. The van der Waals surface area contributed by atoms with Gasteiger partial charge in [0.05, 0.1) is 23.3 Å². The van der Waals surface area contributed by atoms with E-state index in [1.54, 1.807) is 0 Å². The minimum Gasteiger partial charge on any atom is -0.308 e. The van der Waals surface area contributed by atoms with Crippen LogP contribution in [0.4, 0.5) is 16.2 Å². The normalized spacial score (nSPS) is 23.8. The van der Waals surface area contributed by atoms with Gasteiger partial charge in [0.15, 0.2) is 22.1 Å². The largest absolute Gasteiger partial charge is 0.323 e. The van der Waals surface area contributed by atoms with Crippen molar-refractivity contribution in [2.75, 3.05) is 10.6 Å². The lowest BCUT2D eigenvalue weighted by Gasteiger charge is -2.24. The first kappa shape index (κ1) is 35.8. The Labute approximate surface area is 296 Å². The van der Waals surface area contributed by atoms with E-state index in [-0.39, 0.29) is 33.9 Å². The molecule has 4 aliphatic rings. The van der Waals surface area contributed by atoms with E-state index in [0.717, 1.165) is 12.2 Å². The summed E-state index contributed by atoms with van der Waals surface area (Å²) in [5, 5.41) is 1.84. The van der Waals surface area contributed by atoms with Crippen LogP contribution in [0.15, 0.2) is 130 Å². The first-order valence-corrected chi connectivity index (χ1v) is 18.3. The molecular weight excluding hydrogens is 717 g/mol. The van der Waals surface area contributed by atoms with Gasteiger partial charge in [-0.1, -0.05) is 48.6 Å². The van der Waals surface area contributed by atoms with Crippen LogP contribution >= 0.6 is 0 Å². The summed E-state index contributed by atoms with van der Waals surface area (Å²) in [5.74, 6) is -4.62. The van der Waals surface area contributed by atoms with Gasteiger partial charge in [-0.25, -0.2) is 14.8 Å². The molecule has 4 unspecified atom stereocenters. The van der Waals surface area contributed by atoms with Crippen molar-refractivity contribution in [3.05, 3.63) is 132 Å². The third-order valence-corrected chi connectivity index (χ3v) is 10.3. The van der Waals surface area contributed by atoms with Crippen molar-refractivity contribution < 1.29 is 49.9 Å². The van der Waals surface area contributed by atoms with E-state index in [0.29, 0.717) is 11.1 Å². The van der Waals surface area contributed by atoms with Gasteiger partial charge in [0.25, 0.3) is 32.1 Å². The van der Waals surface area contributed by atoms with Crippen molar-refractivity contribution in [1.82, 2.24) is 0 Å². The van der Waals surface area contributed by atoms with Crippen molar-refractivity contribution in [3.8, 4) is 0 Å². The topological polar surface area (TPSA) is 243 Å². The SMILES string of the molecule is O=C(Nc1cccc(C(=O)N=C2C=CC3C(=O)C(S(=O)(=O)O)C=CC3=C2)c1)Nc1cccc(C(=O)N=C2C=CC3C(=O)C(S(=O)(=O)O)C=CC3=C2)c1. The van der Waals surface area contributed by atoms with Crippen LogP contribution in [0, 0.1) is 11.8 Å². The molecule has 0 saturated carbocycles. The number of ketones is 2. The van der Waals surface area contributed by atoms with Crippen LogP contribution < -0.4 is 10.6 Å². The Kier molecular flexibility index (Phi) is 9.61. The lowest BCUT2D eigenvalue weighted by atomic mass is 9.84. The molecule has 0 aromatic heterocycles. The van der Waals surface area contributed by atoms with Gasteiger partial charge >= 0.3 is 6.03 Å². The van der Waals surface area contributed by atoms with Gasteiger partial charge in [0.2, 0.25) is 0 Å². The number of urea groups is 1. The molecule has 4 amide bonds. The number of hydrogen-bond donors (Lipinski definition) is 4. The predicted octanol–water partition coefficient (Wildman–Crippen LogP) is 3.51. The molecule has 0 aliphatic heterocycles. The molecule has 15 nitrogen and oxygen atoms in total. The highest BCUT2D eigenvalue weighted by Gasteiger charge is 2.39. The van der Waals surface area contributed by atoms with Gasteiger partial charge in [-0.3, -0.25) is 28.3 Å². The molecule has 0 radical (unpaired) electrons. The van der Waals surface area contributed by atoms with Gasteiger partial charge in [0.1, 0.15) is 0 Å². The van der Waals surface area contributed by atoms with E-state index in [9.17, 15) is 49.9 Å². The Morgan fingerprint density at radius 2 is 1.00 bits per heavy atom. The number of nitrogens with zero attached hydrogens (tertiary/aromatic N) is 2. The fourth-order valence-corrected chi connectivity index (χ4v) is 7.17. The summed E-state index contributed by atoms with van der Waals surface area (Å²) in [6, 6.07) is 11.1. The highest BCUT2D eigenvalue weighted by Crippen LogP contribution is 2.30. The van der Waals surface area contributed by atoms with Crippen LogP contribution in [-0.2, 0) is 29.8 Å². The molecule has 17 heteroatoms. The number of hydrogen-bond acceptors (Lipinski definition) is 9. The number of rotatable bonds is 6. The number of aliphatic imine (C=N–C) groups is 2. The minimum atomic E-state index is -4.61. The minimum absolute atomic E-state index is 0.122. The fourth-order valence-electron chi connectivity index (χ4n) is 5.74. The first-order chi connectivity index (χ1) is 24.6. The summed E-state index contributed by atoms with van der Waals surface area (Å²) >= 11 is 0. The van der Waals surface area contributed by atoms with Crippen molar-refractivity contribution in [2.24, 2.45) is 21.8 Å². The maximum atomic E-state index is 13.0. The molecule has 6 rings (SSSR count). The number of nitrogens with one attached hydrogen (secondary N) is 2. The summed E-state index contributed by atoms with van der Waals surface area (Å²) in [4.78, 5) is 71.8. The summed E-state index contributed by atoms with van der Waals surface area (Å²) in [5.41, 5.74) is 1.93. The molecule has 0 bridgehead atoms. The zero-order valence-electron chi connectivity index (χ0n) is 26.5. The van der Waals surface area contributed by atoms with Crippen LogP contribution in [0.1, 0.15) is 20.7 Å². The van der Waals surface area contributed by atoms with E-state index >= 15 is 0 Å². The summed E-state index contributed by atoms with van der Waals surface area (Å²) in [7, 11) is -9.22. The summed E-state index contributed by atoms with van der Waals surface area (Å²) in [6.07, 6.45) is 13.4. The molecule has 0 spiro atoms. The molecule has 2 aromatic carbocycles. The summed E-state index contributed by atoms with van der Waals surface area (Å²) < 4.78 is 64.5. The standard InChI is InChI=1S/C35H26N4O11S2/c40-31-27-11-9-25(15-19(27)7-13-29(31)51(45,46)47)36-33(42)21-3-1-5-23(17-21)38-35(44)39-24-6-2-4-22(18-24)34(43)37-26-10-12-28-20(16-26)8-14-30(32(28)41)52(48,49)50/h1-18,27-30H,(H2,38,39,44)(H,45,46,47)(H,48,49,50). The van der Waals surface area contributed by atoms with Gasteiger partial charge in [-0.2, -0.15) is 16.8 Å². The van der Waals surface area contributed by atoms with Gasteiger partial charge in [-0.15, -0.1) is 0 Å². The van der Waals surface area contributed by atoms with Crippen LogP contribution in [0.3, 0.4) is 0 Å². The van der Waals surface area contributed by atoms with Crippen LogP contribution in [0.2, 0.25) is 0 Å². The number of amides is 4. The monoisotopic (exact) mass is 742 g/mol. The number of benzene rings is 2. The van der Waals surface area contributed by atoms with E-state index in [1.807, 2.05) is 0 Å². The van der Waals surface area contributed by atoms with Crippen molar-refractivity contribution >= 4 is 72.4 Å². The Morgan fingerprint density at radius 1 is 0.596 bits per heavy atom. The fraction of sp³-hybridized carbons (Fsp3) is 0.114. The van der Waals surface area contributed by atoms with Gasteiger partial charge < -0.3 is 10.6 Å². The maximum absolute atomic E-state index is 13.0. The number of fused-ring (bicyclic) bond motifs is 2. The van der Waals surface area contributed by atoms with Crippen LogP contribution in [-0.4, -0.2) is 77.3 Å². The second kappa shape index (κ2) is 14.0. The highest BCUT2D eigenvalue weighted by atomic mass is 32.2. The lowest BCUT2D eigenvalue weighted by molar-refractivity contribution is -0.120. The Bertz CT molecular complexity index is 2270. The number of allylic oxidation sites excluding steroid dienone is 10. The van der Waals surface area contributed by atoms with Crippen molar-refractivity contribution in [2.45, 2.75) is 10.5 Å². The smallest absolute Gasteiger partial charge is 0.308 e. The van der Waals surface area contributed by atoms with Gasteiger partial charge in [-0.05, 0) is 71.8 Å². The third-order valence-electron chi connectivity index (χ3n) is 8.20.